The Hall–Kier alpha value is -2.04. The van der Waals surface area contributed by atoms with Crippen molar-refractivity contribution in [3.8, 4) is 5.75 Å². The number of ether oxygens (including phenoxy) is 1. The van der Waals surface area contributed by atoms with Gasteiger partial charge in [0.15, 0.2) is 0 Å². The number of benzene rings is 1. The van der Waals surface area contributed by atoms with Crippen LogP contribution in [0.2, 0.25) is 0 Å². The first kappa shape index (κ1) is 11.0. The minimum absolute atomic E-state index is 0.660. The predicted molar refractivity (Wildman–Crippen MR) is 57.9 cm³/mol. The van der Waals surface area contributed by atoms with Gasteiger partial charge in [0.2, 0.25) is 0 Å². The number of nitrogens with two attached hydrogens (primary N) is 1. The van der Waals surface area contributed by atoms with E-state index in [2.05, 4.69) is 10.5 Å². The third-order valence-corrected chi connectivity index (χ3v) is 1.82. The number of primary amides is 1. The second-order valence-electron chi connectivity index (χ2n) is 2.91. The number of hydrogen-bond acceptors (Lipinski definition) is 3. The minimum Gasteiger partial charge on any atom is -0.497 e. The highest BCUT2D eigenvalue weighted by Crippen LogP contribution is 2.12. The van der Waals surface area contributed by atoms with Gasteiger partial charge >= 0.3 is 6.03 Å². The number of carbonyl (C=O) groups excluding carboxylic acids is 1. The minimum atomic E-state index is -0.683. The van der Waals surface area contributed by atoms with Crippen LogP contribution >= 0.6 is 0 Å². The summed E-state index contributed by atoms with van der Waals surface area (Å²) in [6, 6.07) is 6.68. The van der Waals surface area contributed by atoms with Gasteiger partial charge in [0.25, 0.3) is 0 Å². The molecule has 0 spiro atoms. The summed E-state index contributed by atoms with van der Waals surface area (Å²) in [5.41, 5.74) is 8.58. The van der Waals surface area contributed by atoms with Crippen molar-refractivity contribution in [3.63, 3.8) is 0 Å². The first-order valence-corrected chi connectivity index (χ1v) is 4.37. The Bertz CT molecular complexity index is 388. The molecule has 0 bridgehead atoms. The summed E-state index contributed by atoms with van der Waals surface area (Å²) >= 11 is 0. The third-order valence-electron chi connectivity index (χ3n) is 1.82. The van der Waals surface area contributed by atoms with Crippen LogP contribution in [0.25, 0.3) is 0 Å². The van der Waals surface area contributed by atoms with Crippen molar-refractivity contribution < 1.29 is 9.53 Å². The molecule has 3 N–H and O–H groups in total. The average Bonchev–Trinajstić information content (AvgIpc) is 2.26. The van der Waals surface area contributed by atoms with Gasteiger partial charge in [-0.1, -0.05) is 12.1 Å². The first-order valence-electron chi connectivity index (χ1n) is 4.37. The fourth-order valence-electron chi connectivity index (χ4n) is 1.05. The molecule has 80 valence electrons. The van der Waals surface area contributed by atoms with Crippen LogP contribution < -0.4 is 15.9 Å². The monoisotopic (exact) mass is 207 g/mol. The van der Waals surface area contributed by atoms with Gasteiger partial charge in [-0.25, -0.2) is 10.2 Å². The van der Waals surface area contributed by atoms with Gasteiger partial charge in [-0.3, -0.25) is 0 Å². The molecule has 0 radical (unpaired) electrons. The van der Waals surface area contributed by atoms with Crippen LogP contribution in [0.4, 0.5) is 4.79 Å². The lowest BCUT2D eigenvalue weighted by Crippen LogP contribution is -2.25. The molecule has 5 nitrogen and oxygen atoms in total. The van der Waals surface area contributed by atoms with Gasteiger partial charge in [0.1, 0.15) is 5.75 Å². The van der Waals surface area contributed by atoms with E-state index in [0.29, 0.717) is 5.71 Å². The zero-order chi connectivity index (χ0) is 11.3. The van der Waals surface area contributed by atoms with Gasteiger partial charge < -0.3 is 10.5 Å². The van der Waals surface area contributed by atoms with Crippen LogP contribution in [0.5, 0.6) is 5.75 Å². The van der Waals surface area contributed by atoms with Crippen molar-refractivity contribution in [2.75, 3.05) is 7.11 Å². The smallest absolute Gasteiger partial charge is 0.332 e. The van der Waals surface area contributed by atoms with E-state index in [0.717, 1.165) is 11.3 Å². The number of amides is 2. The summed E-state index contributed by atoms with van der Waals surface area (Å²) in [5.74, 6) is 0.737. The topological polar surface area (TPSA) is 76.7 Å². The van der Waals surface area contributed by atoms with E-state index in [1.54, 1.807) is 14.0 Å². The maximum atomic E-state index is 10.4. The van der Waals surface area contributed by atoms with Crippen LogP contribution in [0.15, 0.2) is 29.4 Å². The van der Waals surface area contributed by atoms with Crippen molar-refractivity contribution in [3.05, 3.63) is 29.8 Å². The summed E-state index contributed by atoms with van der Waals surface area (Å²) in [5, 5.41) is 3.81. The molecule has 0 aliphatic heterocycles. The van der Waals surface area contributed by atoms with Crippen molar-refractivity contribution in [1.29, 1.82) is 0 Å². The predicted octanol–water partition coefficient (Wildman–Crippen LogP) is 1.09. The van der Waals surface area contributed by atoms with Crippen molar-refractivity contribution in [2.45, 2.75) is 6.92 Å². The van der Waals surface area contributed by atoms with Gasteiger partial charge in [-0.15, -0.1) is 0 Å². The zero-order valence-corrected chi connectivity index (χ0v) is 8.65. The Morgan fingerprint density at radius 3 is 2.87 bits per heavy atom. The van der Waals surface area contributed by atoms with Crippen LogP contribution in [0.3, 0.4) is 0 Å². The summed E-state index contributed by atoms with van der Waals surface area (Å²) in [4.78, 5) is 10.4. The molecule has 0 saturated heterocycles. The molecule has 0 aromatic heterocycles. The molecule has 15 heavy (non-hydrogen) atoms. The number of nitrogens with one attached hydrogen (secondary N) is 1. The van der Waals surface area contributed by atoms with Gasteiger partial charge in [-0.2, -0.15) is 5.10 Å². The number of nitrogens with zero attached hydrogens (tertiary/aromatic N) is 1. The first-order chi connectivity index (χ1) is 7.13. The van der Waals surface area contributed by atoms with Gasteiger partial charge in [0, 0.05) is 5.56 Å². The lowest BCUT2D eigenvalue weighted by Gasteiger charge is -2.03. The fraction of sp³-hybridized carbons (Fsp3) is 0.200. The Balaban J connectivity index is 2.85. The Kier molecular flexibility index (Phi) is 3.68. The summed E-state index contributed by atoms with van der Waals surface area (Å²) < 4.78 is 5.06. The third kappa shape index (κ3) is 3.30. The van der Waals surface area contributed by atoms with Crippen LogP contribution in [-0.4, -0.2) is 18.9 Å². The Labute approximate surface area is 87.9 Å². The number of hydrazone groups is 1. The molecule has 0 fully saturated rings. The molecule has 0 heterocycles. The lowest BCUT2D eigenvalue weighted by molar-refractivity contribution is 0.249. The summed E-state index contributed by atoms with van der Waals surface area (Å²) in [6.45, 7) is 1.77. The van der Waals surface area contributed by atoms with Gasteiger partial charge in [-0.05, 0) is 19.1 Å². The Morgan fingerprint density at radius 1 is 1.53 bits per heavy atom. The molecule has 0 saturated carbocycles. The van der Waals surface area contributed by atoms with E-state index < -0.39 is 6.03 Å². The van der Waals surface area contributed by atoms with Crippen molar-refractivity contribution in [2.24, 2.45) is 10.8 Å². The highest BCUT2D eigenvalue weighted by atomic mass is 16.5. The van der Waals surface area contributed by atoms with E-state index in [-0.39, 0.29) is 0 Å². The van der Waals surface area contributed by atoms with E-state index in [1.807, 2.05) is 24.3 Å². The van der Waals surface area contributed by atoms with Crippen molar-refractivity contribution >= 4 is 11.7 Å². The molecule has 0 aliphatic rings. The Morgan fingerprint density at radius 2 is 2.27 bits per heavy atom. The molecule has 1 aromatic rings. The van der Waals surface area contributed by atoms with Crippen LogP contribution in [0, 0.1) is 0 Å². The molecule has 2 amide bonds. The SMILES string of the molecule is COc1cccc(/C(C)=N\NC(N)=O)c1. The fourth-order valence-corrected chi connectivity index (χ4v) is 1.05. The second-order valence-corrected chi connectivity index (χ2v) is 2.91. The standard InChI is InChI=1S/C10H13N3O2/c1-7(12-13-10(11)14)8-4-3-5-9(6-8)15-2/h3-6H,1-2H3,(H3,11,13,14)/b12-7-. The second kappa shape index (κ2) is 4.99. The highest BCUT2D eigenvalue weighted by Gasteiger charge is 1.99. The van der Waals surface area contributed by atoms with E-state index >= 15 is 0 Å². The maximum absolute atomic E-state index is 10.4. The quantitative estimate of drug-likeness (QED) is 0.575. The van der Waals surface area contributed by atoms with Crippen LogP contribution in [-0.2, 0) is 0 Å². The largest absolute Gasteiger partial charge is 0.497 e. The maximum Gasteiger partial charge on any atom is 0.332 e. The van der Waals surface area contributed by atoms with E-state index in [4.69, 9.17) is 10.5 Å². The molecule has 0 unspecified atom stereocenters. The lowest BCUT2D eigenvalue weighted by atomic mass is 10.1. The normalized spacial score (nSPS) is 10.9. The molecule has 0 atom stereocenters. The number of carbonyl (C=O) groups is 1. The molecule has 1 aromatic carbocycles. The van der Waals surface area contributed by atoms with Crippen molar-refractivity contribution in [1.82, 2.24) is 5.43 Å². The highest BCUT2D eigenvalue weighted by molar-refractivity contribution is 5.99. The van der Waals surface area contributed by atoms with E-state index in [1.165, 1.54) is 0 Å². The molecule has 1 rings (SSSR count). The number of hydrogen-bond donors (Lipinski definition) is 2. The summed E-state index contributed by atoms with van der Waals surface area (Å²) in [6.07, 6.45) is 0. The zero-order valence-electron chi connectivity index (χ0n) is 8.65. The van der Waals surface area contributed by atoms with Crippen LogP contribution in [0.1, 0.15) is 12.5 Å². The molecule has 5 heteroatoms. The molecular formula is C10H13N3O2. The number of rotatable bonds is 3. The number of methoxy groups -OCH3 is 1. The van der Waals surface area contributed by atoms with E-state index in [9.17, 15) is 4.79 Å². The van der Waals surface area contributed by atoms with Gasteiger partial charge in [0.05, 0.1) is 12.8 Å². The molecule has 0 aliphatic carbocycles. The number of urea groups is 1. The average molecular weight is 207 g/mol. The summed E-state index contributed by atoms with van der Waals surface area (Å²) in [7, 11) is 1.59. The molecular weight excluding hydrogens is 194 g/mol.